The number of aryl methyl sites for hydroxylation is 1. The van der Waals surface area contributed by atoms with Gasteiger partial charge in [0.15, 0.2) is 5.03 Å². The van der Waals surface area contributed by atoms with Gasteiger partial charge < -0.3 is 4.98 Å². The van der Waals surface area contributed by atoms with Gasteiger partial charge in [-0.05, 0) is 26.7 Å². The number of sulfonamides is 1. The lowest BCUT2D eigenvalue weighted by molar-refractivity contribution is 0.388. The molecule has 2 N–H and O–H groups in total. The van der Waals surface area contributed by atoms with Crippen molar-refractivity contribution in [3.05, 3.63) is 12.0 Å². The topological polar surface area (TPSA) is 74.8 Å². The van der Waals surface area contributed by atoms with E-state index in [1.807, 2.05) is 20.8 Å². The van der Waals surface area contributed by atoms with Gasteiger partial charge in [0.1, 0.15) is 5.82 Å². The molecule has 1 heterocycles. The van der Waals surface area contributed by atoms with Gasteiger partial charge in [0.25, 0.3) is 10.0 Å². The third kappa shape index (κ3) is 2.82. The smallest absolute Gasteiger partial charge is 0.258 e. The zero-order valence-corrected chi connectivity index (χ0v) is 11.0. The molecule has 1 aromatic heterocycles. The average Bonchev–Trinajstić information content (AvgIpc) is 2.65. The molecule has 0 spiro atoms. The maximum atomic E-state index is 12.0. The lowest BCUT2D eigenvalue weighted by atomic mass is 9.98. The van der Waals surface area contributed by atoms with E-state index in [9.17, 15) is 8.42 Å². The van der Waals surface area contributed by atoms with Gasteiger partial charge in [-0.1, -0.05) is 13.8 Å². The lowest BCUT2D eigenvalue weighted by Crippen LogP contribution is -2.44. The van der Waals surface area contributed by atoms with Gasteiger partial charge in [0.05, 0.1) is 6.20 Å². The highest BCUT2D eigenvalue weighted by atomic mass is 32.2. The fourth-order valence-electron chi connectivity index (χ4n) is 1.31. The van der Waals surface area contributed by atoms with Crippen LogP contribution in [0.5, 0.6) is 0 Å². The molecular weight excluding hydrogens is 226 g/mol. The number of nitrogens with zero attached hydrogens (tertiary/aromatic N) is 1. The molecule has 0 aliphatic carbocycles. The van der Waals surface area contributed by atoms with Crippen LogP contribution in [0, 0.1) is 6.92 Å². The highest BCUT2D eigenvalue weighted by Gasteiger charge is 2.28. The van der Waals surface area contributed by atoms with Crippen molar-refractivity contribution in [1.82, 2.24) is 14.7 Å². The molecule has 0 aliphatic heterocycles. The van der Waals surface area contributed by atoms with Crippen LogP contribution in [0.4, 0.5) is 0 Å². The Kier molecular flexibility index (Phi) is 3.75. The van der Waals surface area contributed by atoms with Crippen LogP contribution in [0.1, 0.15) is 39.4 Å². The molecule has 6 heteroatoms. The molecule has 0 unspecified atom stereocenters. The third-order valence-electron chi connectivity index (χ3n) is 2.91. The van der Waals surface area contributed by atoms with Crippen LogP contribution in [-0.4, -0.2) is 23.9 Å². The van der Waals surface area contributed by atoms with Crippen molar-refractivity contribution < 1.29 is 8.42 Å². The molecule has 16 heavy (non-hydrogen) atoms. The quantitative estimate of drug-likeness (QED) is 0.827. The van der Waals surface area contributed by atoms with Crippen LogP contribution >= 0.6 is 0 Å². The van der Waals surface area contributed by atoms with E-state index in [4.69, 9.17) is 0 Å². The first-order chi connectivity index (χ1) is 7.33. The average molecular weight is 245 g/mol. The largest absolute Gasteiger partial charge is 0.332 e. The van der Waals surface area contributed by atoms with Crippen LogP contribution in [0.2, 0.25) is 0 Å². The first kappa shape index (κ1) is 13.2. The van der Waals surface area contributed by atoms with E-state index >= 15 is 0 Å². The molecule has 5 nitrogen and oxygen atoms in total. The predicted octanol–water partition coefficient (Wildman–Crippen LogP) is 1.58. The molecular formula is C10H19N3O2S. The summed E-state index contributed by atoms with van der Waals surface area (Å²) in [6.45, 7) is 7.54. The number of aromatic nitrogens is 2. The van der Waals surface area contributed by atoms with Crippen molar-refractivity contribution >= 4 is 10.0 Å². The molecule has 0 amide bonds. The van der Waals surface area contributed by atoms with E-state index in [-0.39, 0.29) is 5.03 Å². The summed E-state index contributed by atoms with van der Waals surface area (Å²) in [7, 11) is -3.49. The number of hydrogen-bond acceptors (Lipinski definition) is 3. The van der Waals surface area contributed by atoms with Gasteiger partial charge in [0, 0.05) is 5.54 Å². The van der Waals surface area contributed by atoms with Crippen molar-refractivity contribution in [1.29, 1.82) is 0 Å². The zero-order chi connectivity index (χ0) is 12.4. The van der Waals surface area contributed by atoms with Gasteiger partial charge in [-0.25, -0.2) is 18.1 Å². The number of H-pyrrole nitrogens is 1. The summed E-state index contributed by atoms with van der Waals surface area (Å²) < 4.78 is 26.7. The summed E-state index contributed by atoms with van der Waals surface area (Å²) in [5.74, 6) is 0.593. The minimum absolute atomic E-state index is 0.123. The monoisotopic (exact) mass is 245 g/mol. The normalized spacial score (nSPS) is 13.0. The second-order valence-corrected chi connectivity index (χ2v) is 5.86. The van der Waals surface area contributed by atoms with Crippen molar-refractivity contribution in [3.8, 4) is 0 Å². The Bertz CT molecular complexity index is 446. The number of rotatable bonds is 5. The fraction of sp³-hybridized carbons (Fsp3) is 0.700. The van der Waals surface area contributed by atoms with Crippen LogP contribution in [0.3, 0.4) is 0 Å². The number of aromatic amines is 1. The van der Waals surface area contributed by atoms with Gasteiger partial charge >= 0.3 is 0 Å². The summed E-state index contributed by atoms with van der Waals surface area (Å²) >= 11 is 0. The third-order valence-corrected chi connectivity index (χ3v) is 4.46. The fourth-order valence-corrected chi connectivity index (χ4v) is 2.83. The molecule has 0 bridgehead atoms. The van der Waals surface area contributed by atoms with E-state index in [2.05, 4.69) is 14.7 Å². The van der Waals surface area contributed by atoms with E-state index in [1.54, 1.807) is 6.92 Å². The summed E-state index contributed by atoms with van der Waals surface area (Å²) in [5, 5.41) is 0.123. The van der Waals surface area contributed by atoms with E-state index in [0.717, 1.165) is 12.8 Å². The van der Waals surface area contributed by atoms with Gasteiger partial charge in [-0.3, -0.25) is 0 Å². The second kappa shape index (κ2) is 4.55. The van der Waals surface area contributed by atoms with Crippen molar-refractivity contribution in [2.45, 2.75) is 51.1 Å². The molecule has 0 radical (unpaired) electrons. The Balaban J connectivity index is 2.96. The minimum atomic E-state index is -3.49. The van der Waals surface area contributed by atoms with E-state index in [1.165, 1.54) is 6.20 Å². The highest BCUT2D eigenvalue weighted by molar-refractivity contribution is 7.89. The molecule has 0 atom stereocenters. The first-order valence-electron chi connectivity index (χ1n) is 5.38. The summed E-state index contributed by atoms with van der Waals surface area (Å²) in [6.07, 6.45) is 2.83. The van der Waals surface area contributed by atoms with Crippen molar-refractivity contribution in [2.24, 2.45) is 0 Å². The first-order valence-corrected chi connectivity index (χ1v) is 6.87. The Morgan fingerprint density at radius 3 is 2.38 bits per heavy atom. The van der Waals surface area contributed by atoms with E-state index in [0.29, 0.717) is 5.82 Å². The lowest BCUT2D eigenvalue weighted by Gasteiger charge is -2.27. The zero-order valence-electron chi connectivity index (χ0n) is 10.2. The molecule has 0 saturated heterocycles. The standard InChI is InChI=1S/C10H19N3O2S/c1-5-10(4,6-2)13-16(14,15)9-7-11-8(3)12-9/h7,13H,5-6H2,1-4H3,(H,11,12). The minimum Gasteiger partial charge on any atom is -0.332 e. The molecule has 0 aromatic carbocycles. The van der Waals surface area contributed by atoms with Crippen molar-refractivity contribution in [3.63, 3.8) is 0 Å². The highest BCUT2D eigenvalue weighted by Crippen LogP contribution is 2.17. The number of hydrogen-bond donors (Lipinski definition) is 2. The summed E-state index contributed by atoms with van der Waals surface area (Å²) in [5.41, 5.74) is -0.405. The molecule has 1 rings (SSSR count). The van der Waals surface area contributed by atoms with Crippen LogP contribution < -0.4 is 4.72 Å². The summed E-state index contributed by atoms with van der Waals surface area (Å²) in [4.78, 5) is 6.62. The summed E-state index contributed by atoms with van der Waals surface area (Å²) in [6, 6.07) is 0. The van der Waals surface area contributed by atoms with Gasteiger partial charge in [-0.15, -0.1) is 0 Å². The SMILES string of the molecule is CCC(C)(CC)NS(=O)(=O)c1cnc(C)[nH]1. The van der Waals surface area contributed by atoms with Crippen LogP contribution in [0.25, 0.3) is 0 Å². The molecule has 0 fully saturated rings. The Morgan fingerprint density at radius 2 is 2.00 bits per heavy atom. The van der Waals surface area contributed by atoms with Gasteiger partial charge in [0.2, 0.25) is 0 Å². The number of imidazole rings is 1. The maximum Gasteiger partial charge on any atom is 0.258 e. The second-order valence-electron chi connectivity index (χ2n) is 4.21. The van der Waals surface area contributed by atoms with E-state index < -0.39 is 15.6 Å². The number of nitrogens with one attached hydrogen (secondary N) is 2. The molecule has 92 valence electrons. The maximum absolute atomic E-state index is 12.0. The Morgan fingerprint density at radius 1 is 1.44 bits per heavy atom. The molecule has 0 aliphatic rings. The molecule has 0 saturated carbocycles. The van der Waals surface area contributed by atoms with Crippen LogP contribution in [0.15, 0.2) is 11.2 Å². The predicted molar refractivity (Wildman–Crippen MR) is 62.6 cm³/mol. The van der Waals surface area contributed by atoms with Gasteiger partial charge in [-0.2, -0.15) is 0 Å². The molecule has 1 aromatic rings. The Labute approximate surface area is 96.7 Å². The Hall–Kier alpha value is -0.880. The van der Waals surface area contributed by atoms with Crippen LogP contribution in [-0.2, 0) is 10.0 Å². The van der Waals surface area contributed by atoms with Crippen molar-refractivity contribution in [2.75, 3.05) is 0 Å².